The number of anilines is 1. The van der Waals surface area contributed by atoms with Crippen molar-refractivity contribution in [1.29, 1.82) is 0 Å². The maximum Gasteiger partial charge on any atom is 0.287 e. The van der Waals surface area contributed by atoms with Crippen molar-refractivity contribution in [3.63, 3.8) is 0 Å². The third-order valence-electron chi connectivity index (χ3n) is 3.55. The first-order valence-electron chi connectivity index (χ1n) is 6.90. The summed E-state index contributed by atoms with van der Waals surface area (Å²) in [4.78, 5) is 14.7. The minimum atomic E-state index is -0.385. The van der Waals surface area contributed by atoms with Crippen molar-refractivity contribution >= 4 is 28.6 Å². The Labute approximate surface area is 131 Å². The van der Waals surface area contributed by atoms with Crippen molar-refractivity contribution in [2.24, 2.45) is 0 Å². The van der Waals surface area contributed by atoms with Gasteiger partial charge in [-0.05, 0) is 30.9 Å². The average molecular weight is 326 g/mol. The van der Waals surface area contributed by atoms with Gasteiger partial charge < -0.3 is 10.4 Å². The number of thiophene rings is 1. The molecule has 0 unspecified atom stereocenters. The molecule has 7 heteroatoms. The third kappa shape index (κ3) is 2.97. The van der Waals surface area contributed by atoms with Crippen LogP contribution in [-0.2, 0) is 25.9 Å². The van der Waals surface area contributed by atoms with Crippen molar-refractivity contribution < 1.29 is 5.11 Å². The average Bonchev–Trinajstić information content (AvgIpc) is 3.04. The molecule has 0 atom stereocenters. The summed E-state index contributed by atoms with van der Waals surface area (Å²) in [6, 6.07) is 2.23. The molecule has 112 valence electrons. The lowest BCUT2D eigenvalue weighted by molar-refractivity contribution is 0.266. The molecule has 0 saturated heterocycles. The number of nitrogens with zero attached hydrogens (tertiary/aromatic N) is 2. The van der Waals surface area contributed by atoms with Gasteiger partial charge in [0.15, 0.2) is 0 Å². The van der Waals surface area contributed by atoms with Crippen molar-refractivity contribution in [2.45, 2.75) is 32.4 Å². The number of hydrogen-bond donors (Lipinski definition) is 2. The molecule has 2 heterocycles. The highest BCUT2D eigenvalue weighted by atomic mass is 35.5. The lowest BCUT2D eigenvalue weighted by Gasteiger charge is -2.08. The highest BCUT2D eigenvalue weighted by molar-refractivity contribution is 7.12. The monoisotopic (exact) mass is 325 g/mol. The standard InChI is InChI=1S/C14H16ClN3O2S/c15-13-11(8-17-18(4-5-19)14(13)20)16-7-10-6-9-2-1-3-12(9)21-10/h6,8,16,19H,1-5,7H2. The van der Waals surface area contributed by atoms with Crippen LogP contribution in [0.2, 0.25) is 5.02 Å². The zero-order valence-electron chi connectivity index (χ0n) is 11.4. The highest BCUT2D eigenvalue weighted by Crippen LogP contribution is 2.31. The summed E-state index contributed by atoms with van der Waals surface area (Å²) in [5.74, 6) is 0. The van der Waals surface area contributed by atoms with Crippen LogP contribution in [0.4, 0.5) is 5.69 Å². The van der Waals surface area contributed by atoms with E-state index < -0.39 is 0 Å². The van der Waals surface area contributed by atoms with Crippen molar-refractivity contribution in [3.05, 3.63) is 43.0 Å². The number of hydrogen-bond acceptors (Lipinski definition) is 5. The summed E-state index contributed by atoms with van der Waals surface area (Å²) in [6.45, 7) is 0.649. The summed E-state index contributed by atoms with van der Waals surface area (Å²) < 4.78 is 1.16. The Hall–Kier alpha value is -1.37. The number of rotatable bonds is 5. The molecule has 0 aliphatic heterocycles. The van der Waals surface area contributed by atoms with Crippen LogP contribution in [0.5, 0.6) is 0 Å². The third-order valence-corrected chi connectivity index (χ3v) is 5.15. The zero-order chi connectivity index (χ0) is 14.8. The Bertz CT molecular complexity index is 689. The van der Waals surface area contributed by atoms with Crippen molar-refractivity contribution in [2.75, 3.05) is 11.9 Å². The van der Waals surface area contributed by atoms with E-state index in [1.54, 1.807) is 0 Å². The van der Waals surface area contributed by atoms with E-state index in [4.69, 9.17) is 16.7 Å². The van der Waals surface area contributed by atoms with Crippen LogP contribution in [-0.4, -0.2) is 21.5 Å². The zero-order valence-corrected chi connectivity index (χ0v) is 13.0. The molecule has 1 aliphatic rings. The van der Waals surface area contributed by atoms with E-state index in [-0.39, 0.29) is 23.7 Å². The summed E-state index contributed by atoms with van der Waals surface area (Å²) in [5, 5.41) is 16.1. The predicted molar refractivity (Wildman–Crippen MR) is 84.3 cm³/mol. The number of halogens is 1. The van der Waals surface area contributed by atoms with Gasteiger partial charge in [-0.2, -0.15) is 5.10 Å². The van der Waals surface area contributed by atoms with Gasteiger partial charge in [0.2, 0.25) is 0 Å². The molecule has 0 spiro atoms. The normalized spacial score (nSPS) is 13.4. The van der Waals surface area contributed by atoms with Crippen LogP contribution >= 0.6 is 22.9 Å². The number of aliphatic hydroxyl groups is 1. The van der Waals surface area contributed by atoms with Gasteiger partial charge >= 0.3 is 0 Å². The molecule has 0 amide bonds. The second-order valence-corrected chi connectivity index (χ2v) is 6.59. The molecule has 0 saturated carbocycles. The molecule has 0 aromatic carbocycles. The summed E-state index contributed by atoms with van der Waals surface area (Å²) in [7, 11) is 0. The van der Waals surface area contributed by atoms with Gasteiger partial charge in [0.1, 0.15) is 5.02 Å². The number of aryl methyl sites for hydroxylation is 2. The second-order valence-electron chi connectivity index (χ2n) is 4.99. The summed E-state index contributed by atoms with van der Waals surface area (Å²) in [6.07, 6.45) is 5.14. The van der Waals surface area contributed by atoms with Crippen LogP contribution in [0.25, 0.3) is 0 Å². The van der Waals surface area contributed by atoms with Gasteiger partial charge in [-0.3, -0.25) is 4.79 Å². The predicted octanol–water partition coefficient (Wildman–Crippen LogP) is 2.05. The van der Waals surface area contributed by atoms with E-state index in [0.717, 1.165) is 4.68 Å². The van der Waals surface area contributed by atoms with E-state index >= 15 is 0 Å². The number of fused-ring (bicyclic) bond motifs is 1. The first-order valence-corrected chi connectivity index (χ1v) is 8.09. The Kier molecular flexibility index (Phi) is 4.28. The first-order chi connectivity index (χ1) is 10.2. The molecular formula is C14H16ClN3O2S. The topological polar surface area (TPSA) is 67.2 Å². The molecule has 0 fully saturated rings. The van der Waals surface area contributed by atoms with Gasteiger partial charge in [-0.1, -0.05) is 11.6 Å². The van der Waals surface area contributed by atoms with Gasteiger partial charge in [-0.25, -0.2) is 4.68 Å². The lowest BCUT2D eigenvalue weighted by atomic mass is 10.2. The van der Waals surface area contributed by atoms with E-state index in [1.165, 1.54) is 40.8 Å². The van der Waals surface area contributed by atoms with E-state index in [9.17, 15) is 4.79 Å². The van der Waals surface area contributed by atoms with E-state index in [0.29, 0.717) is 12.2 Å². The molecule has 2 aromatic rings. The molecule has 0 radical (unpaired) electrons. The molecule has 2 N–H and O–H groups in total. The van der Waals surface area contributed by atoms with E-state index in [1.807, 2.05) is 11.3 Å². The molecule has 0 bridgehead atoms. The fourth-order valence-corrected chi connectivity index (χ4v) is 3.92. The van der Waals surface area contributed by atoms with Crippen LogP contribution in [0, 0.1) is 0 Å². The van der Waals surface area contributed by atoms with Gasteiger partial charge in [0, 0.05) is 16.3 Å². The van der Waals surface area contributed by atoms with E-state index in [2.05, 4.69) is 16.5 Å². The van der Waals surface area contributed by atoms with Crippen LogP contribution in [0.1, 0.15) is 21.7 Å². The lowest BCUT2D eigenvalue weighted by Crippen LogP contribution is -2.25. The minimum Gasteiger partial charge on any atom is -0.394 e. The first kappa shape index (κ1) is 14.6. The largest absolute Gasteiger partial charge is 0.394 e. The number of aliphatic hydroxyl groups excluding tert-OH is 1. The Balaban J connectivity index is 1.72. The fraction of sp³-hybridized carbons (Fsp3) is 0.429. The minimum absolute atomic E-state index is 0.113. The fourth-order valence-electron chi connectivity index (χ4n) is 2.50. The number of nitrogens with one attached hydrogen (secondary N) is 1. The quantitative estimate of drug-likeness (QED) is 0.883. The summed E-state index contributed by atoms with van der Waals surface area (Å²) >= 11 is 7.88. The van der Waals surface area contributed by atoms with Crippen LogP contribution in [0.15, 0.2) is 17.1 Å². The summed E-state index contributed by atoms with van der Waals surface area (Å²) in [5.41, 5.74) is 1.60. The highest BCUT2D eigenvalue weighted by Gasteiger charge is 2.15. The molecule has 2 aromatic heterocycles. The smallest absolute Gasteiger partial charge is 0.287 e. The Morgan fingerprint density at radius 3 is 3.10 bits per heavy atom. The maximum atomic E-state index is 11.9. The van der Waals surface area contributed by atoms with Gasteiger partial charge in [-0.15, -0.1) is 11.3 Å². The Morgan fingerprint density at radius 1 is 1.48 bits per heavy atom. The van der Waals surface area contributed by atoms with Gasteiger partial charge in [0.25, 0.3) is 5.56 Å². The van der Waals surface area contributed by atoms with Gasteiger partial charge in [0.05, 0.1) is 25.0 Å². The number of aromatic nitrogens is 2. The maximum absolute atomic E-state index is 11.9. The molecule has 21 heavy (non-hydrogen) atoms. The molecule has 1 aliphatic carbocycles. The SMILES string of the molecule is O=c1c(Cl)c(NCc2cc3c(s2)CCC3)cnn1CCO. The Morgan fingerprint density at radius 2 is 2.33 bits per heavy atom. The second kappa shape index (κ2) is 6.17. The molecule has 5 nitrogen and oxygen atoms in total. The molecular weight excluding hydrogens is 310 g/mol. The molecule has 3 rings (SSSR count). The van der Waals surface area contributed by atoms with Crippen LogP contribution < -0.4 is 10.9 Å². The van der Waals surface area contributed by atoms with Crippen LogP contribution in [0.3, 0.4) is 0 Å². The van der Waals surface area contributed by atoms with Crippen molar-refractivity contribution in [1.82, 2.24) is 9.78 Å². The van der Waals surface area contributed by atoms with Crippen molar-refractivity contribution in [3.8, 4) is 0 Å².